The number of fused-ring (bicyclic) bond motifs is 1. The Kier molecular flexibility index (Phi) is 8.78. The molecule has 0 saturated carbocycles. The quantitative estimate of drug-likeness (QED) is 0.243. The number of aromatic amines is 1. The summed E-state index contributed by atoms with van der Waals surface area (Å²) in [7, 11) is 1.85. The number of aliphatic imine (C=N–C) groups is 1. The van der Waals surface area contributed by atoms with E-state index in [1.165, 1.54) is 27.6 Å². The summed E-state index contributed by atoms with van der Waals surface area (Å²) in [6.45, 7) is 7.16. The average Bonchev–Trinajstić information content (AvgIpc) is 3.22. The first kappa shape index (κ1) is 24.4. The molecule has 3 heterocycles. The fraction of sp³-hybridized carbons (Fsp3) is 0.440. The Morgan fingerprint density at radius 1 is 1.19 bits per heavy atom. The normalized spacial score (nSPS) is 15.0. The summed E-state index contributed by atoms with van der Waals surface area (Å²) in [5.41, 5.74) is 5.21. The lowest BCUT2D eigenvalue weighted by Gasteiger charge is -2.33. The van der Waals surface area contributed by atoms with Crippen LogP contribution in [0.5, 0.6) is 0 Å². The Morgan fingerprint density at radius 3 is 2.69 bits per heavy atom. The van der Waals surface area contributed by atoms with E-state index in [-0.39, 0.29) is 24.0 Å². The highest BCUT2D eigenvalue weighted by Gasteiger charge is 2.20. The summed E-state index contributed by atoms with van der Waals surface area (Å²) in [6, 6.07) is 11.3. The summed E-state index contributed by atoms with van der Waals surface area (Å²) in [4.78, 5) is 14.8. The van der Waals surface area contributed by atoms with Crippen LogP contribution in [0.25, 0.3) is 10.9 Å². The number of pyridine rings is 1. The Balaban J connectivity index is 0.00000289. The van der Waals surface area contributed by atoms with Gasteiger partial charge < -0.3 is 20.5 Å². The maximum Gasteiger partial charge on any atom is 0.191 e. The van der Waals surface area contributed by atoms with E-state index in [1.54, 1.807) is 0 Å². The highest BCUT2D eigenvalue weighted by Crippen LogP contribution is 2.22. The van der Waals surface area contributed by atoms with Gasteiger partial charge in [0.1, 0.15) is 5.82 Å². The van der Waals surface area contributed by atoms with E-state index in [9.17, 15) is 0 Å². The molecule has 0 radical (unpaired) electrons. The monoisotopic (exact) mass is 546 g/mol. The third-order valence-electron chi connectivity index (χ3n) is 6.23. The number of rotatable bonds is 6. The zero-order valence-corrected chi connectivity index (χ0v) is 21.6. The van der Waals surface area contributed by atoms with Crippen LogP contribution in [0.4, 0.5) is 5.82 Å². The zero-order valence-electron chi connectivity index (χ0n) is 19.3. The summed E-state index contributed by atoms with van der Waals surface area (Å²) in [6.07, 6.45) is 8.27. The molecule has 172 valence electrons. The third kappa shape index (κ3) is 5.74. The maximum atomic E-state index is 4.57. The van der Waals surface area contributed by atoms with Gasteiger partial charge in [0.15, 0.2) is 5.96 Å². The van der Waals surface area contributed by atoms with Crippen molar-refractivity contribution in [1.29, 1.82) is 0 Å². The molecule has 2 aromatic heterocycles. The van der Waals surface area contributed by atoms with Crippen LogP contribution in [0, 0.1) is 6.92 Å². The number of hydrogen-bond donors (Lipinski definition) is 3. The van der Waals surface area contributed by atoms with Crippen molar-refractivity contribution in [1.82, 2.24) is 20.6 Å². The Bertz CT molecular complexity index is 1020. The van der Waals surface area contributed by atoms with Crippen LogP contribution in [0.15, 0.2) is 47.7 Å². The number of hydrogen-bond acceptors (Lipinski definition) is 3. The van der Waals surface area contributed by atoms with E-state index in [0.717, 1.165) is 57.1 Å². The molecule has 7 heteroatoms. The molecule has 0 atom stereocenters. The Morgan fingerprint density at radius 2 is 2.00 bits per heavy atom. The van der Waals surface area contributed by atoms with Gasteiger partial charge in [-0.2, -0.15) is 0 Å². The van der Waals surface area contributed by atoms with Crippen molar-refractivity contribution < 1.29 is 0 Å². The van der Waals surface area contributed by atoms with Gasteiger partial charge in [0.25, 0.3) is 0 Å². The van der Waals surface area contributed by atoms with Gasteiger partial charge in [0, 0.05) is 56.0 Å². The van der Waals surface area contributed by atoms with Gasteiger partial charge in [-0.05, 0) is 55.4 Å². The molecule has 6 nitrogen and oxygen atoms in total. The molecule has 1 aliphatic heterocycles. The SMILES string of the molecule is CCc1cccc2c(CCNC(=NC)NC3CCN(c4ccc(C)cn4)CC3)c[nH]c12.I. The van der Waals surface area contributed by atoms with Gasteiger partial charge in [0.2, 0.25) is 0 Å². The lowest BCUT2D eigenvalue weighted by atomic mass is 10.0. The molecule has 4 rings (SSSR count). The average molecular weight is 547 g/mol. The zero-order chi connectivity index (χ0) is 21.6. The van der Waals surface area contributed by atoms with Crippen LogP contribution < -0.4 is 15.5 Å². The second-order valence-electron chi connectivity index (χ2n) is 8.36. The largest absolute Gasteiger partial charge is 0.361 e. The number of nitrogens with one attached hydrogen (secondary N) is 3. The molecular formula is C25H35IN6. The van der Waals surface area contributed by atoms with E-state index >= 15 is 0 Å². The third-order valence-corrected chi connectivity index (χ3v) is 6.23. The number of H-pyrrole nitrogens is 1. The first-order valence-corrected chi connectivity index (χ1v) is 11.4. The number of nitrogens with zero attached hydrogens (tertiary/aromatic N) is 3. The lowest BCUT2D eigenvalue weighted by molar-refractivity contribution is 0.459. The summed E-state index contributed by atoms with van der Waals surface area (Å²) >= 11 is 0. The fourth-order valence-corrected chi connectivity index (χ4v) is 4.38. The number of halogens is 1. The molecule has 1 aliphatic rings. The van der Waals surface area contributed by atoms with Crippen molar-refractivity contribution >= 4 is 46.7 Å². The number of anilines is 1. The van der Waals surface area contributed by atoms with Gasteiger partial charge in [0.05, 0.1) is 0 Å². The van der Waals surface area contributed by atoms with Crippen LogP contribution >= 0.6 is 24.0 Å². The summed E-state index contributed by atoms with van der Waals surface area (Å²) < 4.78 is 0. The van der Waals surface area contributed by atoms with E-state index in [0.29, 0.717) is 6.04 Å². The molecule has 0 aliphatic carbocycles. The first-order chi connectivity index (χ1) is 15.2. The molecule has 32 heavy (non-hydrogen) atoms. The lowest BCUT2D eigenvalue weighted by Crippen LogP contribution is -2.49. The van der Waals surface area contributed by atoms with Crippen LogP contribution in [0.1, 0.15) is 36.5 Å². The van der Waals surface area contributed by atoms with Gasteiger partial charge in [-0.1, -0.05) is 31.2 Å². The van der Waals surface area contributed by atoms with Crippen LogP contribution in [0.2, 0.25) is 0 Å². The van der Waals surface area contributed by atoms with Crippen molar-refractivity contribution in [2.24, 2.45) is 4.99 Å². The van der Waals surface area contributed by atoms with Crippen LogP contribution in [-0.2, 0) is 12.8 Å². The number of para-hydroxylation sites is 1. The topological polar surface area (TPSA) is 68.3 Å². The van der Waals surface area contributed by atoms with Crippen molar-refractivity contribution in [2.75, 3.05) is 31.6 Å². The maximum absolute atomic E-state index is 4.57. The van der Waals surface area contributed by atoms with Gasteiger partial charge >= 0.3 is 0 Å². The second-order valence-corrected chi connectivity index (χ2v) is 8.36. The van der Waals surface area contributed by atoms with Crippen LogP contribution in [0.3, 0.4) is 0 Å². The highest BCUT2D eigenvalue weighted by molar-refractivity contribution is 14.0. The number of benzene rings is 1. The minimum atomic E-state index is 0. The second kappa shape index (κ2) is 11.5. The fourth-order valence-electron chi connectivity index (χ4n) is 4.38. The van der Waals surface area contributed by atoms with Gasteiger partial charge in [-0.25, -0.2) is 4.98 Å². The predicted molar refractivity (Wildman–Crippen MR) is 146 cm³/mol. The molecule has 0 spiro atoms. The van der Waals surface area contributed by atoms with Crippen molar-refractivity contribution in [3.8, 4) is 0 Å². The van der Waals surface area contributed by atoms with Crippen molar-refractivity contribution in [3.05, 3.63) is 59.4 Å². The number of guanidine groups is 1. The summed E-state index contributed by atoms with van der Waals surface area (Å²) in [5.74, 6) is 1.97. The van der Waals surface area contributed by atoms with E-state index in [2.05, 4.69) is 80.9 Å². The van der Waals surface area contributed by atoms with E-state index < -0.39 is 0 Å². The first-order valence-electron chi connectivity index (χ1n) is 11.4. The Labute approximate surface area is 208 Å². The van der Waals surface area contributed by atoms with E-state index in [4.69, 9.17) is 0 Å². The van der Waals surface area contributed by atoms with Gasteiger partial charge in [-0.3, -0.25) is 4.99 Å². The van der Waals surface area contributed by atoms with Crippen LogP contribution in [-0.4, -0.2) is 48.7 Å². The Hall–Kier alpha value is -2.29. The number of piperidine rings is 1. The molecule has 3 aromatic rings. The minimum absolute atomic E-state index is 0. The number of aryl methyl sites for hydroxylation is 2. The smallest absolute Gasteiger partial charge is 0.191 e. The van der Waals surface area contributed by atoms with E-state index in [1.807, 2.05) is 13.2 Å². The molecule has 0 bridgehead atoms. The molecule has 3 N–H and O–H groups in total. The molecule has 0 amide bonds. The highest BCUT2D eigenvalue weighted by atomic mass is 127. The number of aromatic nitrogens is 2. The van der Waals surface area contributed by atoms with Crippen molar-refractivity contribution in [2.45, 2.75) is 45.6 Å². The molecular weight excluding hydrogens is 511 g/mol. The predicted octanol–water partition coefficient (Wildman–Crippen LogP) is 4.43. The molecule has 1 aromatic carbocycles. The van der Waals surface area contributed by atoms with Gasteiger partial charge in [-0.15, -0.1) is 24.0 Å². The summed E-state index contributed by atoms with van der Waals surface area (Å²) in [5, 5.41) is 8.44. The molecule has 1 fully saturated rings. The molecule has 1 saturated heterocycles. The van der Waals surface area contributed by atoms with Crippen molar-refractivity contribution in [3.63, 3.8) is 0 Å². The standard InChI is InChI=1S/C25H34N6.HI/c1-4-19-6-5-7-22-20(17-29-24(19)22)10-13-27-25(26-3)30-21-11-14-31(15-12-21)23-9-8-18(2)16-28-23;/h5-9,16-17,21,29H,4,10-15H2,1-3H3,(H2,26,27,30);1H. The minimum Gasteiger partial charge on any atom is -0.361 e. The molecule has 0 unspecified atom stereocenters.